The largest absolute Gasteiger partial charge is 0.478 e. The number of para-hydroxylation sites is 2. The van der Waals surface area contributed by atoms with Gasteiger partial charge in [-0.2, -0.15) is 0 Å². The highest BCUT2D eigenvalue weighted by molar-refractivity contribution is 7.75. The number of carbonyl (C=O) groups is 2. The van der Waals surface area contributed by atoms with Gasteiger partial charge in [0.2, 0.25) is 0 Å². The molecule has 0 amide bonds. The standard InChI is InChI=1S/C41H30O8P2/c1-41(2,33-23-25(19-21-31(33)39(42)43)50(46)37-17-9-5-13-29(37)27-11-3-7-15-35(27)48-50)34-24-26(20-22-32(34)40(44)45)51(47)38-18-10-6-14-30(38)28-12-4-8-16-36(28)49-51/h3-24H,1-2H3,(H,42,43)(H,44,45). The molecule has 2 aliphatic heterocycles. The Morgan fingerprint density at radius 1 is 0.510 bits per heavy atom. The Morgan fingerprint density at radius 2 is 0.863 bits per heavy atom. The molecule has 0 saturated carbocycles. The zero-order chi connectivity index (χ0) is 35.7. The zero-order valence-corrected chi connectivity index (χ0v) is 29.2. The Labute approximate surface area is 293 Å². The van der Waals surface area contributed by atoms with Gasteiger partial charge in [0.15, 0.2) is 0 Å². The van der Waals surface area contributed by atoms with Crippen LogP contribution in [0.4, 0.5) is 0 Å². The number of carboxylic acid groups (broad SMARTS) is 2. The number of hydrogen-bond donors (Lipinski definition) is 2. The van der Waals surface area contributed by atoms with Crippen molar-refractivity contribution in [2.75, 3.05) is 0 Å². The summed E-state index contributed by atoms with van der Waals surface area (Å²) in [5.74, 6) is -1.63. The highest BCUT2D eigenvalue weighted by Gasteiger charge is 2.42. The lowest BCUT2D eigenvalue weighted by Crippen LogP contribution is -2.31. The van der Waals surface area contributed by atoms with Crippen molar-refractivity contribution in [2.24, 2.45) is 0 Å². The van der Waals surface area contributed by atoms with Crippen LogP contribution in [0.15, 0.2) is 133 Å². The second-order valence-electron chi connectivity index (χ2n) is 13.0. The van der Waals surface area contributed by atoms with E-state index in [9.17, 15) is 19.8 Å². The number of rotatable bonds is 6. The van der Waals surface area contributed by atoms with Crippen LogP contribution < -0.4 is 30.3 Å². The van der Waals surface area contributed by atoms with E-state index in [-0.39, 0.29) is 32.9 Å². The summed E-state index contributed by atoms with van der Waals surface area (Å²) in [6.45, 7) is 3.40. The molecule has 0 bridgehead atoms. The van der Waals surface area contributed by atoms with Crippen LogP contribution in [-0.4, -0.2) is 22.2 Å². The number of fused-ring (bicyclic) bond motifs is 6. The lowest BCUT2D eigenvalue weighted by molar-refractivity contribution is 0.0686. The van der Waals surface area contributed by atoms with Crippen LogP contribution in [0.1, 0.15) is 45.7 Å². The predicted molar refractivity (Wildman–Crippen MR) is 198 cm³/mol. The normalized spacial score (nSPS) is 18.5. The summed E-state index contributed by atoms with van der Waals surface area (Å²) in [6.07, 6.45) is 0. The van der Waals surface area contributed by atoms with Crippen LogP contribution in [0, 0.1) is 0 Å². The molecule has 0 saturated heterocycles. The second-order valence-corrected chi connectivity index (χ2v) is 17.6. The van der Waals surface area contributed by atoms with E-state index in [1.165, 1.54) is 36.4 Å². The minimum atomic E-state index is -3.84. The van der Waals surface area contributed by atoms with Gasteiger partial charge in [0.25, 0.3) is 0 Å². The minimum Gasteiger partial charge on any atom is -0.478 e. The van der Waals surface area contributed by atoms with E-state index in [1.54, 1.807) is 62.4 Å². The van der Waals surface area contributed by atoms with Crippen LogP contribution in [-0.2, 0) is 14.5 Å². The van der Waals surface area contributed by atoms with Crippen molar-refractivity contribution < 1.29 is 38.0 Å². The van der Waals surface area contributed by atoms with Gasteiger partial charge in [-0.3, -0.25) is 9.13 Å². The summed E-state index contributed by atoms with van der Waals surface area (Å²) in [7, 11) is -7.68. The number of hydrogen-bond acceptors (Lipinski definition) is 6. The van der Waals surface area contributed by atoms with Crippen molar-refractivity contribution in [3.63, 3.8) is 0 Å². The van der Waals surface area contributed by atoms with E-state index in [0.29, 0.717) is 22.1 Å². The first-order chi connectivity index (χ1) is 24.4. The molecule has 2 unspecified atom stereocenters. The van der Waals surface area contributed by atoms with Gasteiger partial charge in [0, 0.05) is 16.5 Å². The lowest BCUT2D eigenvalue weighted by Gasteiger charge is -2.33. The van der Waals surface area contributed by atoms with E-state index < -0.39 is 32.1 Å². The summed E-state index contributed by atoms with van der Waals surface area (Å²) >= 11 is 0. The summed E-state index contributed by atoms with van der Waals surface area (Å²) in [5, 5.41) is 22.3. The molecule has 2 aliphatic rings. The first-order valence-electron chi connectivity index (χ1n) is 16.2. The lowest BCUT2D eigenvalue weighted by atomic mass is 9.74. The molecule has 2 atom stereocenters. The Kier molecular flexibility index (Phi) is 7.46. The zero-order valence-electron chi connectivity index (χ0n) is 27.4. The summed E-state index contributed by atoms with van der Waals surface area (Å²) in [4.78, 5) is 25.6. The smallest absolute Gasteiger partial charge is 0.335 e. The summed E-state index contributed by atoms with van der Waals surface area (Å²) in [6, 6.07) is 37.9. The Bertz CT molecular complexity index is 2380. The van der Waals surface area contributed by atoms with Crippen LogP contribution in [0.2, 0.25) is 0 Å². The highest BCUT2D eigenvalue weighted by atomic mass is 31.2. The van der Waals surface area contributed by atoms with E-state index in [2.05, 4.69) is 0 Å². The van der Waals surface area contributed by atoms with Crippen molar-refractivity contribution in [3.8, 4) is 33.8 Å². The third-order valence-electron chi connectivity index (χ3n) is 9.74. The van der Waals surface area contributed by atoms with Gasteiger partial charge < -0.3 is 19.3 Å². The Hall–Kier alpha value is -5.68. The number of carboxylic acids is 2. The molecule has 2 heterocycles. The highest BCUT2D eigenvalue weighted by Crippen LogP contribution is 2.56. The number of benzene rings is 6. The topological polar surface area (TPSA) is 127 Å². The maximum atomic E-state index is 15.1. The molecule has 8 nitrogen and oxygen atoms in total. The average molecular weight is 713 g/mol. The molecule has 0 aliphatic carbocycles. The fraction of sp³-hybridized carbons (Fsp3) is 0.0732. The van der Waals surface area contributed by atoms with Gasteiger partial charge in [-0.25, -0.2) is 9.59 Å². The van der Waals surface area contributed by atoms with Crippen LogP contribution in [0.3, 0.4) is 0 Å². The first kappa shape index (κ1) is 32.5. The van der Waals surface area contributed by atoms with E-state index >= 15 is 9.13 Å². The fourth-order valence-electron chi connectivity index (χ4n) is 7.20. The summed E-state index contributed by atoms with van der Waals surface area (Å²) < 4.78 is 42.8. The molecule has 51 heavy (non-hydrogen) atoms. The second kappa shape index (κ2) is 11.7. The Morgan fingerprint density at radius 3 is 1.25 bits per heavy atom. The quantitative estimate of drug-likeness (QED) is 0.167. The van der Waals surface area contributed by atoms with Crippen molar-refractivity contribution in [1.82, 2.24) is 0 Å². The molecule has 0 spiro atoms. The summed E-state index contributed by atoms with van der Waals surface area (Å²) in [5.41, 5.74) is 1.91. The van der Waals surface area contributed by atoms with E-state index in [4.69, 9.17) is 9.05 Å². The van der Waals surface area contributed by atoms with Gasteiger partial charge in [0.05, 0.1) is 32.3 Å². The van der Waals surface area contributed by atoms with Gasteiger partial charge in [-0.15, -0.1) is 0 Å². The van der Waals surface area contributed by atoms with E-state index in [1.807, 2.05) is 48.5 Å². The van der Waals surface area contributed by atoms with Crippen molar-refractivity contribution >= 4 is 47.9 Å². The van der Waals surface area contributed by atoms with Crippen LogP contribution >= 0.6 is 14.7 Å². The molecule has 6 aromatic carbocycles. The maximum absolute atomic E-state index is 15.1. The fourth-order valence-corrected chi connectivity index (χ4v) is 11.8. The molecule has 2 N–H and O–H groups in total. The van der Waals surface area contributed by atoms with Gasteiger partial charge in [-0.05, 0) is 82.9 Å². The Balaban J connectivity index is 1.32. The first-order valence-corrected chi connectivity index (χ1v) is 19.4. The molecule has 0 fully saturated rings. The van der Waals surface area contributed by atoms with Crippen molar-refractivity contribution in [3.05, 3.63) is 156 Å². The van der Waals surface area contributed by atoms with Crippen molar-refractivity contribution in [2.45, 2.75) is 19.3 Å². The average Bonchev–Trinajstić information content (AvgIpc) is 3.14. The molecule has 0 radical (unpaired) electrons. The monoisotopic (exact) mass is 712 g/mol. The van der Waals surface area contributed by atoms with Gasteiger partial charge in [0.1, 0.15) is 11.5 Å². The third-order valence-corrected chi connectivity index (χ3v) is 14.6. The predicted octanol–water partition coefficient (Wildman–Crippen LogP) is 7.99. The molecule has 8 rings (SSSR count). The van der Waals surface area contributed by atoms with Crippen LogP contribution in [0.25, 0.3) is 22.3 Å². The molecular formula is C41H30O8P2. The maximum Gasteiger partial charge on any atom is 0.335 e. The van der Waals surface area contributed by atoms with Gasteiger partial charge in [-0.1, -0.05) is 86.6 Å². The molecule has 252 valence electrons. The molecular weight excluding hydrogens is 682 g/mol. The third kappa shape index (κ3) is 4.97. The molecule has 6 aromatic rings. The van der Waals surface area contributed by atoms with E-state index in [0.717, 1.165) is 22.3 Å². The molecule has 10 heteroatoms. The van der Waals surface area contributed by atoms with Crippen LogP contribution in [0.5, 0.6) is 11.5 Å². The number of aromatic carboxylic acids is 2. The molecule has 0 aromatic heterocycles. The van der Waals surface area contributed by atoms with Crippen molar-refractivity contribution in [1.29, 1.82) is 0 Å². The minimum absolute atomic E-state index is 0.109. The SMILES string of the molecule is CC(C)(c1cc(P2(=O)Oc3ccccc3-c3ccccc32)ccc1C(=O)O)c1cc(P2(=O)Oc3ccccc3-c3ccccc32)ccc1C(=O)O. The van der Waals surface area contributed by atoms with Gasteiger partial charge >= 0.3 is 26.7 Å².